The molecule has 2 aromatic carbocycles. The number of rotatable bonds is 12. The standard InChI is InChI=1S/C29H31ClN2O7/c1-29(2)17-39-26-21(29)14-22(32-27(26)30)23(33)15-31-28(34)19-7-10-24(25(13-19)36-4)38-12-11-37-16-18-5-8-20(35-3)9-6-18/h5-10,13-14H,11-12,15-17H2,1-4H3,(H,31,34). The molecule has 10 heteroatoms. The number of hydrogen-bond acceptors (Lipinski definition) is 8. The van der Waals surface area contributed by atoms with Crippen molar-refractivity contribution in [3.8, 4) is 23.0 Å². The van der Waals surface area contributed by atoms with Crippen LogP contribution in [0.2, 0.25) is 5.15 Å². The Hall–Kier alpha value is -3.82. The number of pyridine rings is 1. The Bertz CT molecular complexity index is 1340. The molecular weight excluding hydrogens is 524 g/mol. The average Bonchev–Trinajstić information content (AvgIpc) is 3.26. The lowest BCUT2D eigenvalue weighted by molar-refractivity contribution is 0.0877. The molecule has 2 heterocycles. The van der Waals surface area contributed by atoms with Crippen LogP contribution in [0.1, 0.15) is 45.8 Å². The molecule has 1 aliphatic rings. The lowest BCUT2D eigenvalue weighted by Gasteiger charge is -2.15. The van der Waals surface area contributed by atoms with Gasteiger partial charge in [-0.25, -0.2) is 4.98 Å². The van der Waals surface area contributed by atoms with Gasteiger partial charge in [-0.3, -0.25) is 9.59 Å². The van der Waals surface area contributed by atoms with Gasteiger partial charge in [-0.15, -0.1) is 0 Å². The normalized spacial score (nSPS) is 13.3. The van der Waals surface area contributed by atoms with Gasteiger partial charge < -0.3 is 29.0 Å². The van der Waals surface area contributed by atoms with E-state index in [0.717, 1.165) is 16.9 Å². The summed E-state index contributed by atoms with van der Waals surface area (Å²) in [5.74, 6) is 1.35. The summed E-state index contributed by atoms with van der Waals surface area (Å²) in [6.45, 7) is 5.32. The lowest BCUT2D eigenvalue weighted by Crippen LogP contribution is -2.30. The van der Waals surface area contributed by atoms with E-state index >= 15 is 0 Å². The molecule has 1 aliphatic heterocycles. The molecule has 1 N–H and O–H groups in total. The number of nitrogens with zero attached hydrogens (tertiary/aromatic N) is 1. The van der Waals surface area contributed by atoms with Gasteiger partial charge in [0.1, 0.15) is 18.1 Å². The van der Waals surface area contributed by atoms with Crippen LogP contribution < -0.4 is 24.3 Å². The summed E-state index contributed by atoms with van der Waals surface area (Å²) in [5.41, 5.74) is 2.05. The number of amides is 1. The third kappa shape index (κ3) is 6.79. The van der Waals surface area contributed by atoms with E-state index in [1.807, 2.05) is 38.1 Å². The Morgan fingerprint density at radius 1 is 1.03 bits per heavy atom. The summed E-state index contributed by atoms with van der Waals surface area (Å²) in [4.78, 5) is 29.7. The van der Waals surface area contributed by atoms with Gasteiger partial charge in [0, 0.05) is 16.5 Å². The molecule has 0 saturated heterocycles. The van der Waals surface area contributed by atoms with E-state index in [-0.39, 0.29) is 28.6 Å². The maximum atomic E-state index is 12.8. The van der Waals surface area contributed by atoms with Gasteiger partial charge in [0.2, 0.25) is 0 Å². The van der Waals surface area contributed by atoms with Crippen molar-refractivity contribution >= 4 is 23.3 Å². The second kappa shape index (κ2) is 12.4. The minimum absolute atomic E-state index is 0.138. The van der Waals surface area contributed by atoms with Gasteiger partial charge in [-0.05, 0) is 42.0 Å². The first-order valence-corrected chi connectivity index (χ1v) is 12.8. The van der Waals surface area contributed by atoms with E-state index in [1.54, 1.807) is 31.4 Å². The second-order valence-electron chi connectivity index (χ2n) is 9.57. The molecule has 0 aliphatic carbocycles. The molecule has 0 atom stereocenters. The van der Waals surface area contributed by atoms with Crippen LogP contribution in [0.5, 0.6) is 23.0 Å². The van der Waals surface area contributed by atoms with Crippen LogP contribution in [0.3, 0.4) is 0 Å². The zero-order valence-corrected chi connectivity index (χ0v) is 23.1. The maximum absolute atomic E-state index is 12.8. The molecule has 0 fully saturated rings. The first kappa shape index (κ1) is 28.2. The summed E-state index contributed by atoms with van der Waals surface area (Å²) in [6.07, 6.45) is 0. The molecular formula is C29H31ClN2O7. The summed E-state index contributed by atoms with van der Waals surface area (Å²) < 4.78 is 27.6. The highest BCUT2D eigenvalue weighted by atomic mass is 35.5. The summed E-state index contributed by atoms with van der Waals surface area (Å²) in [5, 5.41) is 2.77. The molecule has 1 amide bonds. The maximum Gasteiger partial charge on any atom is 0.251 e. The number of halogens is 1. The average molecular weight is 555 g/mol. The molecule has 0 spiro atoms. The largest absolute Gasteiger partial charge is 0.497 e. The highest BCUT2D eigenvalue weighted by Crippen LogP contribution is 2.42. The van der Waals surface area contributed by atoms with Crippen LogP contribution in [0.4, 0.5) is 0 Å². The first-order chi connectivity index (χ1) is 18.7. The van der Waals surface area contributed by atoms with Crippen LogP contribution in [-0.4, -0.2) is 57.3 Å². The molecule has 3 aromatic rings. The van der Waals surface area contributed by atoms with Crippen LogP contribution in [0.15, 0.2) is 48.5 Å². The van der Waals surface area contributed by atoms with E-state index in [9.17, 15) is 9.59 Å². The Morgan fingerprint density at radius 2 is 1.79 bits per heavy atom. The summed E-state index contributed by atoms with van der Waals surface area (Å²) in [7, 11) is 3.11. The molecule has 206 valence electrons. The minimum Gasteiger partial charge on any atom is -0.497 e. The predicted octanol–water partition coefficient (Wildman–Crippen LogP) is 4.63. The molecule has 9 nitrogen and oxygen atoms in total. The van der Waals surface area contributed by atoms with Crippen molar-refractivity contribution in [3.63, 3.8) is 0 Å². The molecule has 4 rings (SSSR count). The van der Waals surface area contributed by atoms with Gasteiger partial charge in [0.15, 0.2) is 28.2 Å². The summed E-state index contributed by atoms with van der Waals surface area (Å²) in [6, 6.07) is 14.1. The smallest absolute Gasteiger partial charge is 0.251 e. The van der Waals surface area contributed by atoms with Crippen molar-refractivity contribution in [1.29, 1.82) is 0 Å². The molecule has 0 unspecified atom stereocenters. The number of nitrogens with one attached hydrogen (secondary N) is 1. The van der Waals surface area contributed by atoms with Gasteiger partial charge >= 0.3 is 0 Å². The van der Waals surface area contributed by atoms with Crippen LogP contribution in [0, 0.1) is 0 Å². The Labute approximate surface area is 232 Å². The van der Waals surface area contributed by atoms with Crippen molar-refractivity contribution in [2.75, 3.05) is 40.6 Å². The number of carbonyl (C=O) groups is 2. The van der Waals surface area contributed by atoms with Crippen LogP contribution >= 0.6 is 11.6 Å². The second-order valence-corrected chi connectivity index (χ2v) is 9.93. The Balaban J connectivity index is 1.28. The fourth-order valence-corrected chi connectivity index (χ4v) is 4.27. The van der Waals surface area contributed by atoms with Crippen molar-refractivity contribution in [3.05, 3.63) is 76.1 Å². The minimum atomic E-state index is -0.438. The highest BCUT2D eigenvalue weighted by molar-refractivity contribution is 6.31. The quantitative estimate of drug-likeness (QED) is 0.196. The van der Waals surface area contributed by atoms with Crippen molar-refractivity contribution in [2.45, 2.75) is 25.9 Å². The van der Waals surface area contributed by atoms with E-state index in [2.05, 4.69) is 10.3 Å². The number of carbonyl (C=O) groups excluding carboxylic acids is 2. The zero-order valence-electron chi connectivity index (χ0n) is 22.3. The van der Waals surface area contributed by atoms with E-state index in [1.165, 1.54) is 7.11 Å². The first-order valence-electron chi connectivity index (χ1n) is 12.4. The van der Waals surface area contributed by atoms with Crippen molar-refractivity contribution in [1.82, 2.24) is 10.3 Å². The lowest BCUT2D eigenvalue weighted by atomic mass is 9.87. The van der Waals surface area contributed by atoms with Gasteiger partial charge in [-0.1, -0.05) is 37.6 Å². The van der Waals surface area contributed by atoms with E-state index < -0.39 is 5.91 Å². The number of ether oxygens (including phenoxy) is 5. The third-order valence-electron chi connectivity index (χ3n) is 6.27. The zero-order chi connectivity index (χ0) is 28.0. The SMILES string of the molecule is COc1ccc(COCCOc2ccc(C(=O)NCC(=O)c3cc4c(c(Cl)n3)OCC4(C)C)cc2OC)cc1. The number of aromatic nitrogens is 1. The predicted molar refractivity (Wildman–Crippen MR) is 146 cm³/mol. The van der Waals surface area contributed by atoms with E-state index in [4.69, 9.17) is 35.3 Å². The Morgan fingerprint density at radius 3 is 2.51 bits per heavy atom. The molecule has 1 aromatic heterocycles. The molecule has 39 heavy (non-hydrogen) atoms. The number of methoxy groups -OCH3 is 2. The fourth-order valence-electron chi connectivity index (χ4n) is 4.02. The van der Waals surface area contributed by atoms with Crippen LogP contribution in [-0.2, 0) is 16.8 Å². The van der Waals surface area contributed by atoms with E-state index in [0.29, 0.717) is 49.2 Å². The molecule has 0 radical (unpaired) electrons. The monoisotopic (exact) mass is 554 g/mol. The third-order valence-corrected chi connectivity index (χ3v) is 6.53. The van der Waals surface area contributed by atoms with Crippen molar-refractivity contribution < 1.29 is 33.3 Å². The summed E-state index contributed by atoms with van der Waals surface area (Å²) >= 11 is 6.23. The number of ketones is 1. The number of fused-ring (bicyclic) bond motifs is 1. The number of Topliss-reactive ketones (excluding diaryl/α,β-unsaturated/α-hetero) is 1. The van der Waals surface area contributed by atoms with Crippen molar-refractivity contribution in [2.24, 2.45) is 0 Å². The number of hydrogen-bond donors (Lipinski definition) is 1. The van der Waals surface area contributed by atoms with Gasteiger partial charge in [0.05, 0.1) is 40.6 Å². The van der Waals surface area contributed by atoms with Gasteiger partial charge in [-0.2, -0.15) is 0 Å². The van der Waals surface area contributed by atoms with Crippen LogP contribution in [0.25, 0.3) is 0 Å². The molecule has 0 bridgehead atoms. The van der Waals surface area contributed by atoms with Gasteiger partial charge in [0.25, 0.3) is 5.91 Å². The molecule has 0 saturated carbocycles. The topological polar surface area (TPSA) is 105 Å². The highest BCUT2D eigenvalue weighted by Gasteiger charge is 2.35. The fraction of sp³-hybridized carbons (Fsp3) is 0.345. The number of benzene rings is 2. The Kier molecular flexibility index (Phi) is 8.93.